The van der Waals surface area contributed by atoms with E-state index in [1.807, 2.05) is 12.1 Å². The van der Waals surface area contributed by atoms with Crippen LogP contribution in [-0.4, -0.2) is 21.0 Å². The largest absolute Gasteiger partial charge is 0.497 e. The van der Waals surface area contributed by atoms with Gasteiger partial charge in [-0.1, -0.05) is 69.5 Å². The third-order valence-corrected chi connectivity index (χ3v) is 7.31. The van der Waals surface area contributed by atoms with Crippen molar-refractivity contribution in [2.24, 2.45) is 5.92 Å². The second kappa shape index (κ2) is 9.54. The van der Waals surface area contributed by atoms with Crippen LogP contribution in [0.4, 0.5) is 0 Å². The molecule has 2 aromatic rings. The van der Waals surface area contributed by atoms with Gasteiger partial charge in [0.15, 0.2) is 6.79 Å². The Bertz CT molecular complexity index is 915. The number of rotatable bonds is 6. The second-order valence-electron chi connectivity index (χ2n) is 10.3. The van der Waals surface area contributed by atoms with Crippen molar-refractivity contribution in [3.8, 4) is 22.6 Å². The van der Waals surface area contributed by atoms with Crippen molar-refractivity contribution in [1.29, 1.82) is 0 Å². The number of halogens is 1. The Hall–Kier alpha value is -1.52. The van der Waals surface area contributed by atoms with Gasteiger partial charge in [0, 0.05) is 28.3 Å². The fourth-order valence-corrected chi connectivity index (χ4v) is 5.34. The van der Waals surface area contributed by atoms with E-state index >= 15 is 0 Å². The van der Waals surface area contributed by atoms with Gasteiger partial charge in [-0.25, -0.2) is 0 Å². The monoisotopic (exact) mass is 488 g/mol. The Kier molecular flexibility index (Phi) is 7.43. The molecular weight excluding hydrogens is 452 g/mol. The fourth-order valence-electron chi connectivity index (χ4n) is 4.88. The first-order valence-corrected chi connectivity index (χ1v) is 12.0. The average Bonchev–Trinajstić information content (AvgIpc) is 2.71. The highest BCUT2D eigenvalue weighted by molar-refractivity contribution is 9.10. The lowest BCUT2D eigenvalue weighted by Crippen LogP contribution is -2.30. The van der Waals surface area contributed by atoms with Crippen molar-refractivity contribution >= 4 is 15.9 Å². The Morgan fingerprint density at radius 2 is 1.84 bits per heavy atom. The maximum absolute atomic E-state index is 6.34. The summed E-state index contributed by atoms with van der Waals surface area (Å²) in [7, 11) is 3.38. The maximum atomic E-state index is 6.34. The molecule has 0 heterocycles. The first kappa shape index (κ1) is 24.1. The zero-order chi connectivity index (χ0) is 22.8. The molecule has 3 rings (SSSR count). The highest BCUT2D eigenvalue weighted by Gasteiger charge is 2.36. The standard InChI is InChI=1S/C27H37BrO3/c1-18-9-8-12-27(5,16-18)23-14-19(26(2,3)4)13-22(25(23)31-17-29-6)21-15-20(30-7)10-11-24(21)28/h10-11,13-15,18H,8-9,12,16-17H2,1-7H3. The lowest BCUT2D eigenvalue weighted by molar-refractivity contribution is 0.0493. The summed E-state index contributed by atoms with van der Waals surface area (Å²) in [6, 6.07) is 10.8. The van der Waals surface area contributed by atoms with E-state index in [0.29, 0.717) is 5.92 Å². The summed E-state index contributed by atoms with van der Waals surface area (Å²) in [6.07, 6.45) is 4.89. The molecule has 3 nitrogen and oxygen atoms in total. The summed E-state index contributed by atoms with van der Waals surface area (Å²) < 4.78 is 18.3. The predicted octanol–water partition coefficient (Wildman–Crippen LogP) is 7.87. The molecule has 2 aromatic carbocycles. The van der Waals surface area contributed by atoms with E-state index in [4.69, 9.17) is 14.2 Å². The topological polar surface area (TPSA) is 27.7 Å². The van der Waals surface area contributed by atoms with Crippen LogP contribution in [0.1, 0.15) is 71.4 Å². The minimum Gasteiger partial charge on any atom is -0.497 e. The Morgan fingerprint density at radius 1 is 1.10 bits per heavy atom. The van der Waals surface area contributed by atoms with Gasteiger partial charge >= 0.3 is 0 Å². The minimum atomic E-state index is 0.0191. The van der Waals surface area contributed by atoms with Crippen LogP contribution in [0, 0.1) is 5.92 Å². The Labute approximate surface area is 196 Å². The molecular formula is C27H37BrO3. The summed E-state index contributed by atoms with van der Waals surface area (Å²) >= 11 is 3.77. The molecule has 1 saturated carbocycles. The van der Waals surface area contributed by atoms with Gasteiger partial charge in [-0.3, -0.25) is 0 Å². The van der Waals surface area contributed by atoms with Gasteiger partial charge in [0.25, 0.3) is 0 Å². The molecule has 0 N–H and O–H groups in total. The zero-order valence-electron chi connectivity index (χ0n) is 20.1. The quantitative estimate of drug-likeness (QED) is 0.387. The minimum absolute atomic E-state index is 0.0191. The van der Waals surface area contributed by atoms with E-state index in [1.54, 1.807) is 14.2 Å². The van der Waals surface area contributed by atoms with Crippen LogP contribution >= 0.6 is 15.9 Å². The average molecular weight is 489 g/mol. The van der Waals surface area contributed by atoms with Crippen LogP contribution in [0.15, 0.2) is 34.8 Å². The van der Waals surface area contributed by atoms with Crippen molar-refractivity contribution in [2.75, 3.05) is 21.0 Å². The molecule has 0 aliphatic heterocycles. The van der Waals surface area contributed by atoms with E-state index in [-0.39, 0.29) is 17.6 Å². The molecule has 1 aliphatic carbocycles. The van der Waals surface area contributed by atoms with E-state index in [0.717, 1.165) is 27.1 Å². The van der Waals surface area contributed by atoms with Crippen molar-refractivity contribution in [3.63, 3.8) is 0 Å². The number of benzene rings is 2. The molecule has 0 aromatic heterocycles. The van der Waals surface area contributed by atoms with Gasteiger partial charge in [0.05, 0.1) is 7.11 Å². The number of ether oxygens (including phenoxy) is 3. The van der Waals surface area contributed by atoms with Gasteiger partial charge in [0.1, 0.15) is 11.5 Å². The maximum Gasteiger partial charge on any atom is 0.188 e. The molecule has 4 heteroatoms. The van der Waals surface area contributed by atoms with Crippen LogP contribution in [0.25, 0.3) is 11.1 Å². The molecule has 1 fully saturated rings. The lowest BCUT2D eigenvalue weighted by atomic mass is 9.66. The van der Waals surface area contributed by atoms with E-state index in [9.17, 15) is 0 Å². The van der Waals surface area contributed by atoms with Gasteiger partial charge in [0.2, 0.25) is 0 Å². The Balaban J connectivity index is 2.33. The van der Waals surface area contributed by atoms with Crippen LogP contribution in [0.2, 0.25) is 0 Å². The summed E-state index contributed by atoms with van der Waals surface area (Å²) in [4.78, 5) is 0. The predicted molar refractivity (Wildman–Crippen MR) is 132 cm³/mol. The molecule has 0 amide bonds. The molecule has 0 spiro atoms. The summed E-state index contributed by atoms with van der Waals surface area (Å²) in [5.74, 6) is 2.47. The van der Waals surface area contributed by atoms with Crippen LogP contribution in [-0.2, 0) is 15.6 Å². The molecule has 2 atom stereocenters. The highest BCUT2D eigenvalue weighted by Crippen LogP contribution is 2.50. The van der Waals surface area contributed by atoms with Crippen molar-refractivity contribution in [3.05, 3.63) is 45.9 Å². The normalized spacial score (nSPS) is 21.7. The number of methoxy groups -OCH3 is 2. The molecule has 2 unspecified atom stereocenters. The molecule has 0 saturated heterocycles. The summed E-state index contributed by atoms with van der Waals surface area (Å²) in [5.41, 5.74) is 4.87. The van der Waals surface area contributed by atoms with Crippen molar-refractivity contribution < 1.29 is 14.2 Å². The molecule has 170 valence electrons. The van der Waals surface area contributed by atoms with Gasteiger partial charge in [-0.15, -0.1) is 0 Å². The van der Waals surface area contributed by atoms with E-state index in [1.165, 1.54) is 36.8 Å². The second-order valence-corrected chi connectivity index (χ2v) is 11.2. The third kappa shape index (κ3) is 5.28. The third-order valence-electron chi connectivity index (χ3n) is 6.61. The summed E-state index contributed by atoms with van der Waals surface area (Å²) in [5, 5.41) is 0. The SMILES string of the molecule is COCOc1c(-c2cc(OC)ccc2Br)cc(C(C)(C)C)cc1C1(C)CCCC(C)C1. The molecule has 1 aliphatic rings. The van der Waals surface area contributed by atoms with Gasteiger partial charge < -0.3 is 14.2 Å². The fraction of sp³-hybridized carbons (Fsp3) is 0.556. The van der Waals surface area contributed by atoms with Crippen LogP contribution in [0.5, 0.6) is 11.5 Å². The van der Waals surface area contributed by atoms with E-state index in [2.05, 4.69) is 68.7 Å². The van der Waals surface area contributed by atoms with E-state index < -0.39 is 0 Å². The van der Waals surface area contributed by atoms with Crippen molar-refractivity contribution in [1.82, 2.24) is 0 Å². The van der Waals surface area contributed by atoms with Crippen LogP contribution < -0.4 is 9.47 Å². The molecule has 31 heavy (non-hydrogen) atoms. The van der Waals surface area contributed by atoms with Gasteiger partial charge in [-0.2, -0.15) is 0 Å². The number of hydrogen-bond acceptors (Lipinski definition) is 3. The van der Waals surface area contributed by atoms with Crippen LogP contribution in [0.3, 0.4) is 0 Å². The lowest BCUT2D eigenvalue weighted by Gasteiger charge is -2.40. The molecule has 0 radical (unpaired) electrons. The number of hydrogen-bond donors (Lipinski definition) is 0. The van der Waals surface area contributed by atoms with Crippen molar-refractivity contribution in [2.45, 2.75) is 71.1 Å². The highest BCUT2D eigenvalue weighted by atomic mass is 79.9. The zero-order valence-corrected chi connectivity index (χ0v) is 21.7. The first-order chi connectivity index (χ1) is 14.6. The Morgan fingerprint density at radius 3 is 2.45 bits per heavy atom. The summed E-state index contributed by atoms with van der Waals surface area (Å²) in [6.45, 7) is 11.8. The smallest absolute Gasteiger partial charge is 0.188 e. The molecule has 0 bridgehead atoms. The van der Waals surface area contributed by atoms with Gasteiger partial charge in [-0.05, 0) is 59.4 Å². The first-order valence-electron chi connectivity index (χ1n) is 11.2.